The Hall–Kier alpha value is -0.380. The molecule has 1 saturated heterocycles. The van der Waals surface area contributed by atoms with Gasteiger partial charge in [0.1, 0.15) is 5.60 Å². The Morgan fingerprint density at radius 3 is 3.00 bits per heavy atom. The second-order valence-electron chi connectivity index (χ2n) is 5.15. The molecule has 1 aliphatic carbocycles. The van der Waals surface area contributed by atoms with Crippen molar-refractivity contribution in [2.75, 3.05) is 19.7 Å². The van der Waals surface area contributed by atoms with Crippen molar-refractivity contribution >= 4 is 11.3 Å². The largest absolute Gasteiger partial charge is 0.367 e. The van der Waals surface area contributed by atoms with E-state index in [1.807, 2.05) is 11.3 Å². The molecular formula is C12H15NOS. The van der Waals surface area contributed by atoms with Gasteiger partial charge in [0.2, 0.25) is 0 Å². The molecular weight excluding hydrogens is 206 g/mol. The molecule has 3 heterocycles. The van der Waals surface area contributed by atoms with Gasteiger partial charge in [0.15, 0.2) is 0 Å². The monoisotopic (exact) mass is 221 g/mol. The van der Waals surface area contributed by atoms with E-state index in [2.05, 4.69) is 16.8 Å². The molecule has 0 unspecified atom stereocenters. The summed E-state index contributed by atoms with van der Waals surface area (Å²) in [7, 11) is 0. The highest BCUT2D eigenvalue weighted by atomic mass is 32.1. The molecule has 3 heteroatoms. The van der Waals surface area contributed by atoms with E-state index in [9.17, 15) is 0 Å². The summed E-state index contributed by atoms with van der Waals surface area (Å²) in [4.78, 5) is 1.52. The molecule has 15 heavy (non-hydrogen) atoms. The van der Waals surface area contributed by atoms with Crippen LogP contribution in [0, 0.1) is 0 Å². The Morgan fingerprint density at radius 2 is 2.27 bits per heavy atom. The number of rotatable bonds is 0. The van der Waals surface area contributed by atoms with Gasteiger partial charge in [0.05, 0.1) is 6.61 Å². The van der Waals surface area contributed by atoms with E-state index in [0.29, 0.717) is 5.41 Å². The van der Waals surface area contributed by atoms with Crippen LogP contribution in [-0.4, -0.2) is 19.7 Å². The van der Waals surface area contributed by atoms with E-state index in [1.165, 1.54) is 17.7 Å². The van der Waals surface area contributed by atoms with E-state index in [0.717, 1.165) is 26.1 Å². The van der Waals surface area contributed by atoms with Crippen molar-refractivity contribution in [2.24, 2.45) is 0 Å². The van der Waals surface area contributed by atoms with Crippen LogP contribution >= 0.6 is 11.3 Å². The van der Waals surface area contributed by atoms with E-state index < -0.39 is 0 Å². The van der Waals surface area contributed by atoms with Gasteiger partial charge in [-0.3, -0.25) is 0 Å². The van der Waals surface area contributed by atoms with Crippen LogP contribution in [0.25, 0.3) is 0 Å². The van der Waals surface area contributed by atoms with E-state index in [1.54, 1.807) is 5.56 Å². The van der Waals surface area contributed by atoms with Gasteiger partial charge in [0.25, 0.3) is 0 Å². The van der Waals surface area contributed by atoms with Gasteiger partial charge in [0, 0.05) is 16.8 Å². The highest BCUT2D eigenvalue weighted by Gasteiger charge is 2.55. The number of nitrogens with one attached hydrogen (secondary N) is 1. The smallest absolute Gasteiger partial charge is 0.116 e. The zero-order valence-corrected chi connectivity index (χ0v) is 9.53. The quantitative estimate of drug-likeness (QED) is 0.723. The zero-order chi connectivity index (χ0) is 9.93. The topological polar surface area (TPSA) is 21.3 Å². The lowest BCUT2D eigenvalue weighted by molar-refractivity contribution is -0.0569. The molecule has 80 valence electrons. The maximum atomic E-state index is 6.24. The highest BCUT2D eigenvalue weighted by Crippen LogP contribution is 2.57. The van der Waals surface area contributed by atoms with Gasteiger partial charge < -0.3 is 10.1 Å². The lowest BCUT2D eigenvalue weighted by Gasteiger charge is -2.37. The van der Waals surface area contributed by atoms with Crippen LogP contribution in [-0.2, 0) is 15.8 Å². The summed E-state index contributed by atoms with van der Waals surface area (Å²) in [5, 5.41) is 5.69. The van der Waals surface area contributed by atoms with Crippen molar-refractivity contribution < 1.29 is 4.74 Å². The molecule has 0 radical (unpaired) electrons. The van der Waals surface area contributed by atoms with Crippen LogP contribution < -0.4 is 5.32 Å². The van der Waals surface area contributed by atoms with Crippen LogP contribution in [0.15, 0.2) is 11.4 Å². The van der Waals surface area contributed by atoms with Gasteiger partial charge in [-0.05, 0) is 42.8 Å². The number of hydrogen-bond donors (Lipinski definition) is 1. The predicted molar refractivity (Wildman–Crippen MR) is 60.3 cm³/mol. The molecule has 1 saturated carbocycles. The minimum Gasteiger partial charge on any atom is -0.367 e. The summed E-state index contributed by atoms with van der Waals surface area (Å²) in [6, 6.07) is 2.34. The Labute approximate surface area is 93.6 Å². The zero-order valence-electron chi connectivity index (χ0n) is 8.71. The molecule has 4 rings (SSSR count). The summed E-state index contributed by atoms with van der Waals surface area (Å²) in [5.41, 5.74) is 2.09. The van der Waals surface area contributed by atoms with Gasteiger partial charge >= 0.3 is 0 Å². The summed E-state index contributed by atoms with van der Waals surface area (Å²) in [5.74, 6) is 0. The van der Waals surface area contributed by atoms with Crippen molar-refractivity contribution in [3.8, 4) is 0 Å². The minimum absolute atomic E-state index is 0.0390. The molecule has 2 fully saturated rings. The lowest BCUT2D eigenvalue weighted by Crippen LogP contribution is -2.40. The first-order valence-electron chi connectivity index (χ1n) is 5.78. The van der Waals surface area contributed by atoms with Crippen molar-refractivity contribution in [3.05, 3.63) is 21.9 Å². The van der Waals surface area contributed by atoms with E-state index >= 15 is 0 Å². The van der Waals surface area contributed by atoms with Crippen molar-refractivity contribution in [3.63, 3.8) is 0 Å². The lowest BCUT2D eigenvalue weighted by atomic mass is 9.86. The van der Waals surface area contributed by atoms with Gasteiger partial charge in [-0.1, -0.05) is 0 Å². The predicted octanol–water partition coefficient (Wildman–Crippen LogP) is 2.00. The molecule has 2 aliphatic heterocycles. The molecule has 0 bridgehead atoms. The maximum Gasteiger partial charge on any atom is 0.116 e. The van der Waals surface area contributed by atoms with Crippen molar-refractivity contribution in [2.45, 2.75) is 30.3 Å². The molecule has 0 aromatic carbocycles. The second-order valence-corrected chi connectivity index (χ2v) is 6.07. The molecule has 1 aromatic rings. The van der Waals surface area contributed by atoms with Crippen molar-refractivity contribution in [1.29, 1.82) is 0 Å². The number of thiophene rings is 1. The van der Waals surface area contributed by atoms with E-state index in [-0.39, 0.29) is 5.60 Å². The maximum absolute atomic E-state index is 6.24. The fourth-order valence-corrected chi connectivity index (χ4v) is 4.25. The average molecular weight is 221 g/mol. The summed E-state index contributed by atoms with van der Waals surface area (Å²) < 4.78 is 6.24. The second kappa shape index (κ2) is 2.65. The molecule has 2 nitrogen and oxygen atoms in total. The third-order valence-electron chi connectivity index (χ3n) is 4.24. The third-order valence-corrected chi connectivity index (χ3v) is 5.34. The summed E-state index contributed by atoms with van der Waals surface area (Å²) >= 11 is 1.90. The number of fused-ring (bicyclic) bond motifs is 3. The van der Waals surface area contributed by atoms with Crippen LogP contribution in [0.1, 0.15) is 29.7 Å². The van der Waals surface area contributed by atoms with Gasteiger partial charge in [-0.15, -0.1) is 11.3 Å². The normalized spacial score (nSPS) is 36.0. The fraction of sp³-hybridized carbons (Fsp3) is 0.667. The Bertz CT molecular complexity index is 402. The molecule has 3 aliphatic rings. The van der Waals surface area contributed by atoms with E-state index in [4.69, 9.17) is 4.74 Å². The Morgan fingerprint density at radius 1 is 1.33 bits per heavy atom. The Kier molecular flexibility index (Phi) is 1.54. The van der Waals surface area contributed by atoms with Crippen LogP contribution in [0.3, 0.4) is 0 Å². The molecule has 1 N–H and O–H groups in total. The Balaban J connectivity index is 1.87. The highest BCUT2D eigenvalue weighted by molar-refractivity contribution is 7.10. The standard InChI is InChI=1S/C12H15NOS/c1-6-15-10-9(1)11(2-3-11)8-14-12(10)4-5-13-7-12/h1,6,13H,2-5,7-8H2/t12-/m0/s1. The van der Waals surface area contributed by atoms with Crippen LogP contribution in [0.4, 0.5) is 0 Å². The fourth-order valence-electron chi connectivity index (χ4n) is 3.05. The first-order valence-corrected chi connectivity index (χ1v) is 6.66. The average Bonchev–Trinajstić information content (AvgIpc) is 2.73. The summed E-state index contributed by atoms with van der Waals surface area (Å²) in [6.07, 6.45) is 3.82. The first kappa shape index (κ1) is 8.74. The third kappa shape index (κ3) is 1.01. The summed E-state index contributed by atoms with van der Waals surface area (Å²) in [6.45, 7) is 3.07. The van der Waals surface area contributed by atoms with Crippen LogP contribution in [0.2, 0.25) is 0 Å². The van der Waals surface area contributed by atoms with Crippen molar-refractivity contribution in [1.82, 2.24) is 5.32 Å². The molecule has 2 spiro atoms. The first-order chi connectivity index (χ1) is 7.35. The SMILES string of the molecule is c1cc2c(s1)[C@@]1(CCNC1)OCC21CC1. The van der Waals surface area contributed by atoms with Gasteiger partial charge in [-0.2, -0.15) is 0 Å². The molecule has 1 aromatic heterocycles. The number of ether oxygens (including phenoxy) is 1. The molecule has 1 atom stereocenters. The number of hydrogen-bond acceptors (Lipinski definition) is 3. The van der Waals surface area contributed by atoms with Gasteiger partial charge in [-0.25, -0.2) is 0 Å². The molecule has 0 amide bonds. The minimum atomic E-state index is 0.0390. The van der Waals surface area contributed by atoms with Crippen LogP contribution in [0.5, 0.6) is 0 Å².